The van der Waals surface area contributed by atoms with Crippen LogP contribution >= 0.6 is 11.3 Å². The molecule has 17 heavy (non-hydrogen) atoms. The van der Waals surface area contributed by atoms with Crippen molar-refractivity contribution in [2.24, 2.45) is 0 Å². The number of thiophene rings is 1. The first-order valence-electron chi connectivity index (χ1n) is 4.69. The highest BCUT2D eigenvalue weighted by Crippen LogP contribution is 2.29. The summed E-state index contributed by atoms with van der Waals surface area (Å²) < 4.78 is 36.3. The lowest BCUT2D eigenvalue weighted by atomic mass is 10.3. The van der Waals surface area contributed by atoms with Gasteiger partial charge < -0.3 is 11.1 Å². The van der Waals surface area contributed by atoms with Crippen molar-refractivity contribution in [3.8, 4) is 0 Å². The predicted molar refractivity (Wildman–Crippen MR) is 61.1 cm³/mol. The van der Waals surface area contributed by atoms with Crippen LogP contribution in [0.25, 0.3) is 10.2 Å². The molecule has 2 heterocycles. The summed E-state index contributed by atoms with van der Waals surface area (Å²) in [6.07, 6.45) is -4.29. The zero-order valence-electron chi connectivity index (χ0n) is 8.80. The molecule has 0 radical (unpaired) electrons. The Balaban J connectivity index is 2.38. The third-order valence-electron chi connectivity index (χ3n) is 1.99. The highest BCUT2D eigenvalue weighted by atomic mass is 32.1. The minimum Gasteiger partial charge on any atom is -0.368 e. The highest BCUT2D eigenvalue weighted by molar-refractivity contribution is 7.18. The van der Waals surface area contributed by atoms with Crippen molar-refractivity contribution >= 4 is 33.3 Å². The number of hydrogen-bond donors (Lipinski definition) is 2. The van der Waals surface area contributed by atoms with Gasteiger partial charge >= 0.3 is 6.18 Å². The van der Waals surface area contributed by atoms with Gasteiger partial charge in [-0.25, -0.2) is 4.98 Å². The largest absolute Gasteiger partial charge is 0.405 e. The molecule has 2 rings (SSSR count). The van der Waals surface area contributed by atoms with Crippen molar-refractivity contribution in [1.29, 1.82) is 0 Å². The van der Waals surface area contributed by atoms with Gasteiger partial charge in [-0.2, -0.15) is 18.2 Å². The lowest BCUT2D eigenvalue weighted by Gasteiger charge is -2.09. The first kappa shape index (κ1) is 11.9. The van der Waals surface area contributed by atoms with Crippen LogP contribution in [0.15, 0.2) is 6.07 Å². The van der Waals surface area contributed by atoms with E-state index >= 15 is 0 Å². The van der Waals surface area contributed by atoms with E-state index in [0.29, 0.717) is 10.2 Å². The average molecular weight is 262 g/mol. The number of hydrogen-bond acceptors (Lipinski definition) is 5. The first-order chi connectivity index (χ1) is 7.85. The van der Waals surface area contributed by atoms with E-state index in [2.05, 4.69) is 15.3 Å². The molecule has 0 amide bonds. The Labute approximate surface area is 98.7 Å². The van der Waals surface area contributed by atoms with Crippen LogP contribution in [-0.4, -0.2) is 22.7 Å². The van der Waals surface area contributed by atoms with Crippen molar-refractivity contribution in [1.82, 2.24) is 9.97 Å². The smallest absolute Gasteiger partial charge is 0.368 e. The Morgan fingerprint density at radius 2 is 2.12 bits per heavy atom. The summed E-state index contributed by atoms with van der Waals surface area (Å²) in [5.74, 6) is 0.0817. The molecule has 0 aliphatic rings. The number of nitrogen functional groups attached to an aromatic ring is 1. The molecule has 0 spiro atoms. The van der Waals surface area contributed by atoms with Gasteiger partial charge in [0.05, 0.1) is 5.39 Å². The summed E-state index contributed by atoms with van der Waals surface area (Å²) in [5, 5.41) is 2.79. The molecule has 3 N–H and O–H groups in total. The van der Waals surface area contributed by atoms with E-state index < -0.39 is 12.7 Å². The standard InChI is InChI=1S/C9H9F3N4S/c1-4-2-5-6(14-3-9(10,11)12)15-8(13)16-7(5)17-4/h2H,3H2,1H3,(H3,13,14,15,16). The SMILES string of the molecule is Cc1cc2c(NCC(F)(F)F)nc(N)nc2s1. The molecule has 2 aromatic heterocycles. The maximum absolute atomic E-state index is 12.1. The second-order valence-corrected chi connectivity index (χ2v) is 4.71. The molecule has 0 atom stereocenters. The molecule has 0 aliphatic heterocycles. The van der Waals surface area contributed by atoms with E-state index in [9.17, 15) is 13.2 Å². The Morgan fingerprint density at radius 3 is 2.76 bits per heavy atom. The molecule has 0 fully saturated rings. The number of aryl methyl sites for hydroxylation is 1. The van der Waals surface area contributed by atoms with Crippen LogP contribution in [0.2, 0.25) is 0 Å². The minimum absolute atomic E-state index is 0.0379. The van der Waals surface area contributed by atoms with Crippen molar-refractivity contribution in [3.05, 3.63) is 10.9 Å². The number of anilines is 2. The molecule has 4 nitrogen and oxygen atoms in total. The van der Waals surface area contributed by atoms with Gasteiger partial charge in [0.2, 0.25) is 5.95 Å². The quantitative estimate of drug-likeness (QED) is 0.873. The lowest BCUT2D eigenvalue weighted by molar-refractivity contribution is -0.115. The molecule has 0 aromatic carbocycles. The van der Waals surface area contributed by atoms with E-state index in [0.717, 1.165) is 4.88 Å². The third kappa shape index (κ3) is 2.76. The number of nitrogens with one attached hydrogen (secondary N) is 1. The van der Waals surface area contributed by atoms with Crippen molar-refractivity contribution in [2.75, 3.05) is 17.6 Å². The van der Waals surface area contributed by atoms with Crippen LogP contribution < -0.4 is 11.1 Å². The number of halogens is 3. The molecular weight excluding hydrogens is 253 g/mol. The maximum atomic E-state index is 12.1. The van der Waals surface area contributed by atoms with Gasteiger partial charge in [-0.05, 0) is 13.0 Å². The Hall–Kier alpha value is -1.57. The van der Waals surface area contributed by atoms with Crippen molar-refractivity contribution in [3.63, 3.8) is 0 Å². The van der Waals surface area contributed by atoms with E-state index in [1.165, 1.54) is 11.3 Å². The topological polar surface area (TPSA) is 63.8 Å². The number of nitrogens with two attached hydrogens (primary N) is 1. The van der Waals surface area contributed by atoms with Crippen LogP contribution in [0, 0.1) is 6.92 Å². The van der Waals surface area contributed by atoms with E-state index in [4.69, 9.17) is 5.73 Å². The van der Waals surface area contributed by atoms with E-state index in [1.54, 1.807) is 6.07 Å². The molecule has 2 aromatic rings. The molecular formula is C9H9F3N4S. The van der Waals surface area contributed by atoms with E-state index in [1.807, 2.05) is 6.92 Å². The fraction of sp³-hybridized carbons (Fsp3) is 0.333. The number of alkyl halides is 3. The van der Waals surface area contributed by atoms with Gasteiger partial charge in [0, 0.05) is 4.88 Å². The number of aromatic nitrogens is 2. The summed E-state index contributed by atoms with van der Waals surface area (Å²) >= 11 is 1.36. The van der Waals surface area contributed by atoms with Crippen LogP contribution in [0.5, 0.6) is 0 Å². The van der Waals surface area contributed by atoms with Crippen LogP contribution in [0.3, 0.4) is 0 Å². The second-order valence-electron chi connectivity index (χ2n) is 3.48. The van der Waals surface area contributed by atoms with E-state index in [-0.39, 0.29) is 11.8 Å². The zero-order chi connectivity index (χ0) is 12.6. The summed E-state index contributed by atoms with van der Waals surface area (Å²) in [6, 6.07) is 1.73. The molecule has 92 valence electrons. The van der Waals surface area contributed by atoms with Gasteiger partial charge in [0.15, 0.2) is 0 Å². The molecule has 0 aliphatic carbocycles. The van der Waals surface area contributed by atoms with Gasteiger partial charge in [-0.15, -0.1) is 11.3 Å². The fourth-order valence-corrected chi connectivity index (χ4v) is 2.26. The van der Waals surface area contributed by atoms with Crippen LogP contribution in [0.4, 0.5) is 24.9 Å². The summed E-state index contributed by atoms with van der Waals surface area (Å²) in [5.41, 5.74) is 5.44. The Morgan fingerprint density at radius 1 is 1.41 bits per heavy atom. The number of rotatable bonds is 2. The third-order valence-corrected chi connectivity index (χ3v) is 2.93. The van der Waals surface area contributed by atoms with Crippen LogP contribution in [-0.2, 0) is 0 Å². The molecule has 0 unspecified atom stereocenters. The molecule has 0 saturated heterocycles. The van der Waals surface area contributed by atoms with Gasteiger partial charge in [0.1, 0.15) is 17.2 Å². The van der Waals surface area contributed by atoms with Crippen molar-refractivity contribution < 1.29 is 13.2 Å². The first-order valence-corrected chi connectivity index (χ1v) is 5.51. The summed E-state index contributed by atoms with van der Waals surface area (Å²) in [4.78, 5) is 9.27. The van der Waals surface area contributed by atoms with Gasteiger partial charge in [-0.1, -0.05) is 0 Å². The average Bonchev–Trinajstić information content (AvgIpc) is 2.53. The number of nitrogens with zero attached hydrogens (tertiary/aromatic N) is 2. The minimum atomic E-state index is -4.29. The second kappa shape index (κ2) is 4.02. The molecule has 8 heteroatoms. The summed E-state index contributed by atoms with van der Waals surface area (Å²) in [6.45, 7) is 0.698. The Kier molecular flexibility index (Phi) is 2.82. The fourth-order valence-electron chi connectivity index (χ4n) is 1.38. The van der Waals surface area contributed by atoms with Crippen LogP contribution in [0.1, 0.15) is 4.88 Å². The highest BCUT2D eigenvalue weighted by Gasteiger charge is 2.27. The Bertz CT molecular complexity index is 549. The van der Waals surface area contributed by atoms with Gasteiger partial charge in [0.25, 0.3) is 0 Å². The number of fused-ring (bicyclic) bond motifs is 1. The maximum Gasteiger partial charge on any atom is 0.405 e. The predicted octanol–water partition coefficient (Wildman–Crippen LogP) is 2.56. The lowest BCUT2D eigenvalue weighted by Crippen LogP contribution is -2.22. The van der Waals surface area contributed by atoms with Gasteiger partial charge in [-0.3, -0.25) is 0 Å². The zero-order valence-corrected chi connectivity index (χ0v) is 9.61. The molecule has 0 saturated carbocycles. The summed E-state index contributed by atoms with van der Waals surface area (Å²) in [7, 11) is 0. The normalized spacial score (nSPS) is 12.0. The van der Waals surface area contributed by atoms with Crippen molar-refractivity contribution in [2.45, 2.75) is 13.1 Å². The molecule has 0 bridgehead atoms. The monoisotopic (exact) mass is 262 g/mol.